The van der Waals surface area contributed by atoms with Gasteiger partial charge in [0.1, 0.15) is 29.1 Å². The summed E-state index contributed by atoms with van der Waals surface area (Å²) in [6.45, 7) is 5.76. The number of hydrogen-bond acceptors (Lipinski definition) is 9. The van der Waals surface area contributed by atoms with Gasteiger partial charge < -0.3 is 34.7 Å². The summed E-state index contributed by atoms with van der Waals surface area (Å²) >= 11 is 0. The van der Waals surface area contributed by atoms with Crippen molar-refractivity contribution < 1.29 is 38.4 Å². The van der Waals surface area contributed by atoms with Gasteiger partial charge >= 0.3 is 5.97 Å². The summed E-state index contributed by atoms with van der Waals surface area (Å²) in [6, 6.07) is 15.0. The van der Waals surface area contributed by atoms with Gasteiger partial charge in [0.05, 0.1) is 37.5 Å². The third kappa shape index (κ3) is 8.62. The Kier molecular flexibility index (Phi) is 12.2. The second-order valence-electron chi connectivity index (χ2n) is 9.72. The molecule has 0 aliphatic carbocycles. The average Bonchev–Trinajstić information content (AvgIpc) is 3.22. The van der Waals surface area contributed by atoms with Crippen LogP contribution in [0.1, 0.15) is 63.3 Å². The Morgan fingerprint density at radius 1 is 0.884 bits per heavy atom. The molecular weight excluding hydrogens is 576 g/mol. The quantitative estimate of drug-likeness (QED) is 0.211. The third-order valence-corrected chi connectivity index (χ3v) is 6.83. The Labute approximate surface area is 257 Å². The van der Waals surface area contributed by atoms with Crippen LogP contribution in [0.4, 0.5) is 0 Å². The molecule has 3 N–H and O–H groups in total. The largest absolute Gasteiger partial charge is 0.507 e. The summed E-state index contributed by atoms with van der Waals surface area (Å²) in [5, 5.41) is 16.4. The number of methoxy groups -OCH3 is 1. The first-order chi connectivity index (χ1) is 20.3. The Bertz CT molecular complexity index is 1390. The molecule has 43 heavy (non-hydrogen) atoms. The molecule has 0 saturated carbocycles. The van der Waals surface area contributed by atoms with Gasteiger partial charge in [0.15, 0.2) is 5.78 Å². The van der Waals surface area contributed by atoms with Crippen LogP contribution < -0.4 is 24.8 Å². The molecule has 3 aromatic carbocycles. The SMILES string of the molecule is CCOc1cc(OCC)cc(C(=O)N[C@@H]2CNCCC[C@H]2OC(=O)c2ccc(C(=O)c3cc(OC)ccc3O)cc2)c1.Cl. The molecule has 1 fully saturated rings. The van der Waals surface area contributed by atoms with Crippen LogP contribution in [0.5, 0.6) is 23.0 Å². The van der Waals surface area contributed by atoms with E-state index in [9.17, 15) is 19.5 Å². The van der Waals surface area contributed by atoms with Crippen LogP contribution in [0.2, 0.25) is 0 Å². The fourth-order valence-electron chi connectivity index (χ4n) is 4.70. The lowest BCUT2D eigenvalue weighted by atomic mass is 10.0. The van der Waals surface area contributed by atoms with Crippen molar-refractivity contribution in [3.63, 3.8) is 0 Å². The van der Waals surface area contributed by atoms with Gasteiger partial charge in [0.25, 0.3) is 5.91 Å². The Morgan fingerprint density at radius 2 is 1.53 bits per heavy atom. The van der Waals surface area contributed by atoms with E-state index >= 15 is 0 Å². The van der Waals surface area contributed by atoms with E-state index < -0.39 is 23.9 Å². The van der Waals surface area contributed by atoms with E-state index in [1.54, 1.807) is 24.3 Å². The minimum absolute atomic E-state index is 0. The first-order valence-corrected chi connectivity index (χ1v) is 14.0. The molecule has 1 amide bonds. The molecule has 0 bridgehead atoms. The molecule has 230 valence electrons. The minimum Gasteiger partial charge on any atom is -0.507 e. The number of hydrogen-bond donors (Lipinski definition) is 3. The van der Waals surface area contributed by atoms with Crippen molar-refractivity contribution in [3.05, 3.63) is 82.9 Å². The van der Waals surface area contributed by atoms with Crippen LogP contribution in [0.25, 0.3) is 0 Å². The lowest BCUT2D eigenvalue weighted by Gasteiger charge is -2.26. The fraction of sp³-hybridized carbons (Fsp3) is 0.344. The fourth-order valence-corrected chi connectivity index (χ4v) is 4.70. The number of benzene rings is 3. The Morgan fingerprint density at radius 3 is 2.16 bits per heavy atom. The van der Waals surface area contributed by atoms with Gasteiger partial charge in [0.2, 0.25) is 0 Å². The highest BCUT2D eigenvalue weighted by molar-refractivity contribution is 6.11. The van der Waals surface area contributed by atoms with Gasteiger partial charge in [-0.3, -0.25) is 9.59 Å². The number of phenolic OH excluding ortho intramolecular Hbond substituents is 1. The third-order valence-electron chi connectivity index (χ3n) is 6.83. The molecular formula is C32H37ClN2O8. The molecule has 1 saturated heterocycles. The molecule has 2 atom stereocenters. The van der Waals surface area contributed by atoms with Crippen molar-refractivity contribution in [3.8, 4) is 23.0 Å². The number of aromatic hydroxyl groups is 1. The molecule has 1 aliphatic heterocycles. The van der Waals surface area contributed by atoms with Crippen LogP contribution in [0, 0.1) is 0 Å². The molecule has 0 aromatic heterocycles. The van der Waals surface area contributed by atoms with E-state index in [-0.39, 0.29) is 35.2 Å². The van der Waals surface area contributed by atoms with Gasteiger partial charge in [-0.2, -0.15) is 0 Å². The molecule has 10 nitrogen and oxygen atoms in total. The monoisotopic (exact) mass is 612 g/mol. The van der Waals surface area contributed by atoms with Crippen molar-refractivity contribution in [2.24, 2.45) is 0 Å². The van der Waals surface area contributed by atoms with Crippen LogP contribution >= 0.6 is 12.4 Å². The predicted molar refractivity (Wildman–Crippen MR) is 163 cm³/mol. The highest BCUT2D eigenvalue weighted by Crippen LogP contribution is 2.26. The van der Waals surface area contributed by atoms with Gasteiger partial charge in [0, 0.05) is 23.7 Å². The molecule has 4 rings (SSSR count). The molecule has 0 spiro atoms. The number of carbonyl (C=O) groups excluding carboxylic acids is 3. The van der Waals surface area contributed by atoms with Crippen molar-refractivity contribution in [1.29, 1.82) is 0 Å². The van der Waals surface area contributed by atoms with Gasteiger partial charge in [-0.1, -0.05) is 12.1 Å². The highest BCUT2D eigenvalue weighted by Gasteiger charge is 2.29. The van der Waals surface area contributed by atoms with E-state index in [1.807, 2.05) is 13.8 Å². The second kappa shape index (κ2) is 15.8. The Balaban J connectivity index is 0.00000506. The van der Waals surface area contributed by atoms with E-state index in [0.29, 0.717) is 54.6 Å². The first kappa shape index (κ1) is 33.2. The van der Waals surface area contributed by atoms with Crippen molar-refractivity contribution in [1.82, 2.24) is 10.6 Å². The number of rotatable bonds is 11. The molecule has 0 unspecified atom stereocenters. The highest BCUT2D eigenvalue weighted by atomic mass is 35.5. The summed E-state index contributed by atoms with van der Waals surface area (Å²) < 4.78 is 22.2. The molecule has 3 aromatic rings. The molecule has 0 radical (unpaired) electrons. The first-order valence-electron chi connectivity index (χ1n) is 14.0. The number of halogens is 1. The standard InChI is InChI=1S/C32H36N2O8.ClH/c1-4-40-24-15-22(16-25(17-24)41-5-2)31(37)34-27-19-33-14-6-7-29(27)42-32(38)21-10-8-20(9-11-21)30(36)26-18-23(39-3)12-13-28(26)35;/h8-13,15-18,27,29,33,35H,4-7,14,19H2,1-3H3,(H,34,37);1H/t27-,29-;/m1./s1. The smallest absolute Gasteiger partial charge is 0.338 e. The van der Waals surface area contributed by atoms with Crippen molar-refractivity contribution in [2.45, 2.75) is 38.8 Å². The summed E-state index contributed by atoms with van der Waals surface area (Å²) in [5.74, 6) is 0.00557. The number of nitrogens with one attached hydrogen (secondary N) is 2. The zero-order valence-corrected chi connectivity index (χ0v) is 25.2. The Hall–Kier alpha value is -4.28. The van der Waals surface area contributed by atoms with Gasteiger partial charge in [-0.15, -0.1) is 12.4 Å². The van der Waals surface area contributed by atoms with Crippen LogP contribution in [0.15, 0.2) is 60.7 Å². The maximum Gasteiger partial charge on any atom is 0.338 e. The second-order valence-corrected chi connectivity index (χ2v) is 9.72. The van der Waals surface area contributed by atoms with Gasteiger partial charge in [-0.05, 0) is 75.7 Å². The number of ether oxygens (including phenoxy) is 4. The zero-order valence-electron chi connectivity index (χ0n) is 24.4. The van der Waals surface area contributed by atoms with Crippen molar-refractivity contribution >= 4 is 30.1 Å². The average molecular weight is 613 g/mol. The minimum atomic E-state index is -0.576. The lowest BCUT2D eigenvalue weighted by molar-refractivity contribution is 0.0192. The normalized spacial score (nSPS) is 16.2. The van der Waals surface area contributed by atoms with E-state index in [1.165, 1.54) is 43.5 Å². The van der Waals surface area contributed by atoms with E-state index in [0.717, 1.165) is 13.0 Å². The zero-order chi connectivity index (χ0) is 30.1. The van der Waals surface area contributed by atoms with Crippen LogP contribution in [-0.2, 0) is 4.74 Å². The van der Waals surface area contributed by atoms with Crippen LogP contribution in [-0.4, -0.2) is 68.3 Å². The molecule has 1 aliphatic rings. The van der Waals surface area contributed by atoms with E-state index in [4.69, 9.17) is 18.9 Å². The lowest BCUT2D eigenvalue weighted by Crippen LogP contribution is -2.49. The van der Waals surface area contributed by atoms with Crippen LogP contribution in [0.3, 0.4) is 0 Å². The number of ketones is 1. The van der Waals surface area contributed by atoms with Crippen molar-refractivity contribution in [2.75, 3.05) is 33.4 Å². The summed E-state index contributed by atoms with van der Waals surface area (Å²) in [5.41, 5.74) is 1.02. The predicted octanol–water partition coefficient (Wildman–Crippen LogP) is 4.56. The number of carbonyl (C=O) groups is 3. The summed E-state index contributed by atoms with van der Waals surface area (Å²) in [6.07, 6.45) is 0.738. The maximum atomic E-state index is 13.3. The topological polar surface area (TPSA) is 132 Å². The molecule has 11 heteroatoms. The van der Waals surface area contributed by atoms with E-state index in [2.05, 4.69) is 10.6 Å². The number of amides is 1. The maximum absolute atomic E-state index is 13.3. The van der Waals surface area contributed by atoms with Gasteiger partial charge in [-0.25, -0.2) is 4.79 Å². The summed E-state index contributed by atoms with van der Waals surface area (Å²) in [4.78, 5) is 39.3. The summed E-state index contributed by atoms with van der Waals surface area (Å²) in [7, 11) is 1.47. The number of esters is 1. The molecule has 1 heterocycles. The number of phenols is 1.